The van der Waals surface area contributed by atoms with Gasteiger partial charge in [0.25, 0.3) is 5.91 Å². The summed E-state index contributed by atoms with van der Waals surface area (Å²) in [4.78, 5) is 26.6. The van der Waals surface area contributed by atoms with Crippen molar-refractivity contribution in [3.63, 3.8) is 0 Å². The number of carbonyl (C=O) groups excluding carboxylic acids is 2. The summed E-state index contributed by atoms with van der Waals surface area (Å²) in [6, 6.07) is 9.88. The number of benzene rings is 2. The van der Waals surface area contributed by atoms with Gasteiger partial charge < -0.3 is 10.1 Å². The summed E-state index contributed by atoms with van der Waals surface area (Å²) in [5.41, 5.74) is 1.19. The highest BCUT2D eigenvalue weighted by atomic mass is 19.1. The lowest BCUT2D eigenvalue weighted by molar-refractivity contribution is -0.117. The number of fused-ring (bicyclic) bond motifs is 1. The Morgan fingerprint density at radius 3 is 2.58 bits per heavy atom. The molecule has 1 aliphatic rings. The normalized spacial score (nSPS) is 16.4. The van der Waals surface area contributed by atoms with Crippen LogP contribution in [-0.4, -0.2) is 25.0 Å². The number of hydrogen-bond acceptors (Lipinski definition) is 3. The van der Waals surface area contributed by atoms with Gasteiger partial charge in [0.15, 0.2) is 0 Å². The summed E-state index contributed by atoms with van der Waals surface area (Å²) in [5, 5.41) is 2.72. The molecular weight excluding hydrogens is 311 g/mol. The Kier molecular flexibility index (Phi) is 4.20. The molecule has 6 heteroatoms. The van der Waals surface area contributed by atoms with Crippen molar-refractivity contribution in [1.82, 2.24) is 0 Å². The van der Waals surface area contributed by atoms with Crippen LogP contribution in [0.2, 0.25) is 0 Å². The highest BCUT2D eigenvalue weighted by Crippen LogP contribution is 2.35. The second-order valence-corrected chi connectivity index (χ2v) is 5.48. The van der Waals surface area contributed by atoms with Gasteiger partial charge >= 0.3 is 0 Å². The lowest BCUT2D eigenvalue weighted by Gasteiger charge is -2.36. The number of hydrogen-bond donors (Lipinski definition) is 1. The van der Waals surface area contributed by atoms with E-state index in [1.165, 1.54) is 30.2 Å². The summed E-state index contributed by atoms with van der Waals surface area (Å²) in [5.74, 6) is -0.474. The molecule has 1 atom stereocenters. The van der Waals surface area contributed by atoms with E-state index < -0.39 is 11.9 Å². The lowest BCUT2D eigenvalue weighted by atomic mass is 10.0. The van der Waals surface area contributed by atoms with E-state index in [2.05, 4.69) is 5.32 Å². The first-order valence-corrected chi connectivity index (χ1v) is 7.63. The van der Waals surface area contributed by atoms with E-state index in [4.69, 9.17) is 4.74 Å². The van der Waals surface area contributed by atoms with Gasteiger partial charge in [0, 0.05) is 5.56 Å². The van der Waals surface area contributed by atoms with Gasteiger partial charge in [0.1, 0.15) is 17.6 Å². The lowest BCUT2D eigenvalue weighted by Crippen LogP contribution is -2.50. The van der Waals surface area contributed by atoms with E-state index in [0.29, 0.717) is 29.1 Å². The van der Waals surface area contributed by atoms with Crippen molar-refractivity contribution in [3.8, 4) is 5.75 Å². The highest BCUT2D eigenvalue weighted by Gasteiger charge is 2.36. The minimum atomic E-state index is -0.686. The molecule has 0 saturated carbocycles. The number of methoxy groups -OCH3 is 1. The van der Waals surface area contributed by atoms with Crippen molar-refractivity contribution in [3.05, 3.63) is 53.8 Å². The van der Waals surface area contributed by atoms with Crippen molar-refractivity contribution in [1.29, 1.82) is 0 Å². The van der Waals surface area contributed by atoms with Gasteiger partial charge in [0.2, 0.25) is 5.91 Å². The quantitative estimate of drug-likeness (QED) is 0.941. The fraction of sp³-hybridized carbons (Fsp3) is 0.222. The van der Waals surface area contributed by atoms with Gasteiger partial charge in [-0.3, -0.25) is 14.5 Å². The second-order valence-electron chi connectivity index (χ2n) is 5.48. The molecule has 1 heterocycles. The summed E-state index contributed by atoms with van der Waals surface area (Å²) in [6.45, 7) is 1.81. The molecule has 0 radical (unpaired) electrons. The van der Waals surface area contributed by atoms with Crippen LogP contribution in [0.5, 0.6) is 5.75 Å². The first-order valence-electron chi connectivity index (χ1n) is 7.63. The van der Waals surface area contributed by atoms with Crippen LogP contribution < -0.4 is 15.0 Å². The molecule has 0 bridgehead atoms. The van der Waals surface area contributed by atoms with E-state index >= 15 is 0 Å². The van der Waals surface area contributed by atoms with Crippen molar-refractivity contribution in [2.45, 2.75) is 19.4 Å². The minimum absolute atomic E-state index is 0.279. The molecule has 0 unspecified atom stereocenters. The van der Waals surface area contributed by atoms with E-state index in [0.717, 1.165) is 0 Å². The number of anilines is 2. The molecule has 0 saturated heterocycles. The summed E-state index contributed by atoms with van der Waals surface area (Å²) < 4.78 is 18.8. The molecular formula is C18H17FN2O3. The van der Waals surface area contributed by atoms with Gasteiger partial charge in [-0.25, -0.2) is 4.39 Å². The summed E-state index contributed by atoms with van der Waals surface area (Å²) in [7, 11) is 1.54. The fourth-order valence-electron chi connectivity index (χ4n) is 2.80. The Bertz CT molecular complexity index is 789. The summed E-state index contributed by atoms with van der Waals surface area (Å²) in [6.07, 6.45) is 0.420. The number of carbonyl (C=O) groups is 2. The molecule has 2 amide bonds. The largest absolute Gasteiger partial charge is 0.497 e. The second kappa shape index (κ2) is 6.31. The Hall–Kier alpha value is -2.89. The monoisotopic (exact) mass is 328 g/mol. The van der Waals surface area contributed by atoms with Gasteiger partial charge in [-0.15, -0.1) is 0 Å². The molecule has 2 aromatic carbocycles. The van der Waals surface area contributed by atoms with Crippen molar-refractivity contribution in [2.24, 2.45) is 0 Å². The third-order valence-corrected chi connectivity index (χ3v) is 4.03. The number of nitrogens with zero attached hydrogens (tertiary/aromatic N) is 1. The van der Waals surface area contributed by atoms with Crippen LogP contribution in [0.4, 0.5) is 15.8 Å². The third kappa shape index (κ3) is 2.71. The molecule has 1 N–H and O–H groups in total. The van der Waals surface area contributed by atoms with Crippen LogP contribution in [0.25, 0.3) is 0 Å². The molecule has 24 heavy (non-hydrogen) atoms. The van der Waals surface area contributed by atoms with Gasteiger partial charge in [0.05, 0.1) is 18.5 Å². The topological polar surface area (TPSA) is 58.6 Å². The molecule has 0 aliphatic carbocycles. The number of halogens is 1. The number of nitrogens with one attached hydrogen (secondary N) is 1. The van der Waals surface area contributed by atoms with Gasteiger partial charge in [-0.2, -0.15) is 0 Å². The first-order chi connectivity index (χ1) is 11.5. The zero-order chi connectivity index (χ0) is 17.3. The average Bonchev–Trinajstić information content (AvgIpc) is 2.60. The van der Waals surface area contributed by atoms with Crippen LogP contribution in [0.15, 0.2) is 42.5 Å². The van der Waals surface area contributed by atoms with Crippen molar-refractivity contribution < 1.29 is 18.7 Å². The smallest absolute Gasteiger partial charge is 0.259 e. The predicted octanol–water partition coefficient (Wildman–Crippen LogP) is 3.21. The number of rotatable bonds is 3. The van der Waals surface area contributed by atoms with Crippen LogP contribution in [0.1, 0.15) is 23.7 Å². The fourth-order valence-corrected chi connectivity index (χ4v) is 2.80. The minimum Gasteiger partial charge on any atom is -0.497 e. The average molecular weight is 328 g/mol. The molecule has 2 aromatic rings. The van der Waals surface area contributed by atoms with E-state index in [1.54, 1.807) is 24.3 Å². The van der Waals surface area contributed by atoms with Crippen LogP contribution >= 0.6 is 0 Å². The highest BCUT2D eigenvalue weighted by molar-refractivity contribution is 6.16. The Labute approximate surface area is 139 Å². The summed E-state index contributed by atoms with van der Waals surface area (Å²) >= 11 is 0. The van der Waals surface area contributed by atoms with Crippen LogP contribution in [0, 0.1) is 5.82 Å². The van der Waals surface area contributed by atoms with Gasteiger partial charge in [-0.05, 0) is 48.9 Å². The predicted molar refractivity (Wildman–Crippen MR) is 88.9 cm³/mol. The zero-order valence-corrected chi connectivity index (χ0v) is 13.4. The SMILES string of the molecule is CC[C@H]1C(=O)Nc2ccc(F)cc2N1C(=O)c1ccc(OC)cc1. The molecule has 3 rings (SSSR count). The Morgan fingerprint density at radius 2 is 1.96 bits per heavy atom. The van der Waals surface area contributed by atoms with Crippen LogP contribution in [0.3, 0.4) is 0 Å². The molecule has 0 aromatic heterocycles. The maximum atomic E-state index is 13.7. The van der Waals surface area contributed by atoms with Gasteiger partial charge in [-0.1, -0.05) is 6.92 Å². The molecule has 0 spiro atoms. The zero-order valence-electron chi connectivity index (χ0n) is 13.4. The Balaban J connectivity index is 2.06. The standard InChI is InChI=1S/C18H17FN2O3/c1-3-15-17(22)20-14-9-6-12(19)10-16(14)21(15)18(23)11-4-7-13(24-2)8-5-11/h4-10,15H,3H2,1-2H3,(H,20,22)/t15-/m0/s1. The van der Waals surface area contributed by atoms with Crippen molar-refractivity contribution >= 4 is 23.2 Å². The molecule has 0 fully saturated rings. The number of amides is 2. The van der Waals surface area contributed by atoms with Crippen molar-refractivity contribution in [2.75, 3.05) is 17.3 Å². The maximum absolute atomic E-state index is 13.7. The molecule has 124 valence electrons. The molecule has 5 nitrogen and oxygen atoms in total. The maximum Gasteiger partial charge on any atom is 0.259 e. The Morgan fingerprint density at radius 1 is 1.25 bits per heavy atom. The number of ether oxygens (including phenoxy) is 1. The molecule has 1 aliphatic heterocycles. The van der Waals surface area contributed by atoms with E-state index in [-0.39, 0.29) is 11.8 Å². The third-order valence-electron chi connectivity index (χ3n) is 4.03. The first kappa shape index (κ1) is 16.0. The van der Waals surface area contributed by atoms with E-state index in [9.17, 15) is 14.0 Å². The van der Waals surface area contributed by atoms with E-state index in [1.807, 2.05) is 6.92 Å². The van der Waals surface area contributed by atoms with Crippen LogP contribution in [-0.2, 0) is 4.79 Å².